The molecule has 0 saturated carbocycles. The summed E-state index contributed by atoms with van der Waals surface area (Å²) in [5.41, 5.74) is 3.79. The maximum absolute atomic E-state index is 9.45. The Bertz CT molecular complexity index is 1020. The Morgan fingerprint density at radius 3 is 2.54 bits per heavy atom. The van der Waals surface area contributed by atoms with E-state index in [2.05, 4.69) is 20.3 Å². The van der Waals surface area contributed by atoms with Crippen molar-refractivity contribution in [1.82, 2.24) is 15.0 Å². The van der Waals surface area contributed by atoms with Gasteiger partial charge in [0.2, 0.25) is 0 Å². The number of phenols is 1. The molecule has 4 rings (SSSR count). The number of nitrogens with one attached hydrogen (secondary N) is 2. The summed E-state index contributed by atoms with van der Waals surface area (Å²) in [6.45, 7) is 0.649. The predicted octanol–water partition coefficient (Wildman–Crippen LogP) is 3.95. The average Bonchev–Trinajstić information content (AvgIpc) is 3.12. The fourth-order valence-electron chi connectivity index (χ4n) is 2.81. The van der Waals surface area contributed by atoms with E-state index in [9.17, 15) is 5.11 Å². The van der Waals surface area contributed by atoms with E-state index in [0.717, 1.165) is 39.4 Å². The maximum Gasteiger partial charge on any atom is 0.143 e. The summed E-state index contributed by atoms with van der Waals surface area (Å²) >= 11 is 0. The van der Waals surface area contributed by atoms with Crippen LogP contribution in [0, 0.1) is 0 Å². The zero-order chi connectivity index (χ0) is 17.9. The van der Waals surface area contributed by atoms with Crippen molar-refractivity contribution in [3.05, 3.63) is 66.5 Å². The van der Waals surface area contributed by atoms with Gasteiger partial charge in [-0.15, -0.1) is 0 Å². The van der Waals surface area contributed by atoms with E-state index < -0.39 is 0 Å². The summed E-state index contributed by atoms with van der Waals surface area (Å²) in [5, 5.41) is 13.7. The molecule has 0 aliphatic carbocycles. The number of methoxy groups -OCH3 is 1. The molecule has 0 fully saturated rings. The zero-order valence-corrected chi connectivity index (χ0v) is 14.2. The van der Waals surface area contributed by atoms with Crippen LogP contribution in [0.3, 0.4) is 0 Å². The molecule has 130 valence electrons. The van der Waals surface area contributed by atoms with Crippen LogP contribution < -0.4 is 10.1 Å². The van der Waals surface area contributed by atoms with Crippen LogP contribution in [-0.2, 0) is 6.54 Å². The zero-order valence-electron chi connectivity index (χ0n) is 14.2. The lowest BCUT2D eigenvalue weighted by Crippen LogP contribution is -2.02. The monoisotopic (exact) mass is 346 g/mol. The number of phenolic OH excluding ortho intramolecular Hbond substituents is 1. The Hall–Kier alpha value is -3.54. The Labute approximate surface area is 150 Å². The van der Waals surface area contributed by atoms with E-state index >= 15 is 0 Å². The number of aromatic hydroxyl groups is 1. The third-order valence-electron chi connectivity index (χ3n) is 4.22. The van der Waals surface area contributed by atoms with Gasteiger partial charge in [0.1, 0.15) is 29.3 Å². The van der Waals surface area contributed by atoms with Crippen molar-refractivity contribution < 1.29 is 9.84 Å². The van der Waals surface area contributed by atoms with Gasteiger partial charge in [0.05, 0.1) is 12.5 Å². The van der Waals surface area contributed by atoms with Crippen LogP contribution in [0.25, 0.3) is 22.3 Å². The molecule has 0 unspecified atom stereocenters. The highest BCUT2D eigenvalue weighted by Gasteiger charge is 2.09. The second-order valence-electron chi connectivity index (χ2n) is 5.92. The summed E-state index contributed by atoms with van der Waals surface area (Å²) in [6.07, 6.45) is 1.54. The number of hydrogen-bond acceptors (Lipinski definition) is 5. The molecule has 0 amide bonds. The van der Waals surface area contributed by atoms with Crippen LogP contribution in [0.2, 0.25) is 0 Å². The minimum absolute atomic E-state index is 0.242. The molecule has 0 aliphatic heterocycles. The van der Waals surface area contributed by atoms with Crippen molar-refractivity contribution >= 4 is 16.9 Å². The largest absolute Gasteiger partial charge is 0.508 e. The van der Waals surface area contributed by atoms with Gasteiger partial charge in [-0.2, -0.15) is 0 Å². The van der Waals surface area contributed by atoms with Gasteiger partial charge in [0.25, 0.3) is 0 Å². The standard InChI is InChI=1S/C20H18N4O2/c1-26-16-8-2-13(3-9-16)11-21-19-17-10-18(24-20(17)23-12-22-19)14-4-6-15(25)7-5-14/h2-10,12,25H,11H2,1H3,(H2,21,22,23,24). The van der Waals surface area contributed by atoms with E-state index in [4.69, 9.17) is 4.74 Å². The molecule has 0 atom stereocenters. The predicted molar refractivity (Wildman–Crippen MR) is 101 cm³/mol. The van der Waals surface area contributed by atoms with Crippen molar-refractivity contribution in [2.45, 2.75) is 6.54 Å². The number of rotatable bonds is 5. The van der Waals surface area contributed by atoms with Gasteiger partial charge in [0.15, 0.2) is 0 Å². The van der Waals surface area contributed by atoms with Gasteiger partial charge >= 0.3 is 0 Å². The van der Waals surface area contributed by atoms with Gasteiger partial charge in [-0.25, -0.2) is 9.97 Å². The second kappa shape index (κ2) is 6.76. The molecule has 4 aromatic rings. The summed E-state index contributed by atoms with van der Waals surface area (Å²) in [7, 11) is 1.66. The van der Waals surface area contributed by atoms with Crippen LogP contribution >= 0.6 is 0 Å². The number of fused-ring (bicyclic) bond motifs is 1. The number of aromatic nitrogens is 3. The van der Waals surface area contributed by atoms with Gasteiger partial charge in [-0.1, -0.05) is 12.1 Å². The van der Waals surface area contributed by atoms with Gasteiger partial charge in [0, 0.05) is 12.2 Å². The average molecular weight is 346 g/mol. The molecule has 0 aliphatic rings. The molecular formula is C20H18N4O2. The minimum atomic E-state index is 0.242. The highest BCUT2D eigenvalue weighted by Crippen LogP contribution is 2.28. The Balaban J connectivity index is 1.59. The Morgan fingerprint density at radius 2 is 1.81 bits per heavy atom. The lowest BCUT2D eigenvalue weighted by atomic mass is 10.1. The normalized spacial score (nSPS) is 10.8. The molecule has 2 aromatic carbocycles. The number of benzene rings is 2. The van der Waals surface area contributed by atoms with Crippen LogP contribution in [0.1, 0.15) is 5.56 Å². The molecule has 2 heterocycles. The first kappa shape index (κ1) is 16.0. The van der Waals surface area contributed by atoms with Crippen molar-refractivity contribution in [3.8, 4) is 22.8 Å². The van der Waals surface area contributed by atoms with Gasteiger partial charge < -0.3 is 20.1 Å². The first-order valence-electron chi connectivity index (χ1n) is 8.23. The van der Waals surface area contributed by atoms with E-state index in [1.165, 1.54) is 6.33 Å². The highest BCUT2D eigenvalue weighted by atomic mass is 16.5. The number of hydrogen-bond donors (Lipinski definition) is 3. The van der Waals surface area contributed by atoms with Crippen LogP contribution in [0.5, 0.6) is 11.5 Å². The van der Waals surface area contributed by atoms with Gasteiger partial charge in [-0.05, 0) is 53.6 Å². The number of anilines is 1. The van der Waals surface area contributed by atoms with Crippen molar-refractivity contribution in [2.24, 2.45) is 0 Å². The number of aromatic amines is 1. The molecule has 6 nitrogen and oxygen atoms in total. The Kier molecular flexibility index (Phi) is 4.15. The lowest BCUT2D eigenvalue weighted by molar-refractivity contribution is 0.414. The molecule has 0 saturated heterocycles. The molecule has 0 radical (unpaired) electrons. The first-order chi connectivity index (χ1) is 12.7. The Morgan fingerprint density at radius 1 is 1.04 bits per heavy atom. The minimum Gasteiger partial charge on any atom is -0.508 e. The summed E-state index contributed by atoms with van der Waals surface area (Å²) in [6, 6.07) is 17.0. The summed E-state index contributed by atoms with van der Waals surface area (Å²) in [5.74, 6) is 1.85. The van der Waals surface area contributed by atoms with Crippen molar-refractivity contribution in [3.63, 3.8) is 0 Å². The van der Waals surface area contributed by atoms with Crippen LogP contribution in [0.15, 0.2) is 60.9 Å². The lowest BCUT2D eigenvalue weighted by Gasteiger charge is -2.07. The molecule has 3 N–H and O–H groups in total. The van der Waals surface area contributed by atoms with Crippen LogP contribution in [0.4, 0.5) is 5.82 Å². The van der Waals surface area contributed by atoms with Crippen molar-refractivity contribution in [2.75, 3.05) is 12.4 Å². The third kappa shape index (κ3) is 3.17. The van der Waals surface area contributed by atoms with Crippen LogP contribution in [-0.4, -0.2) is 27.2 Å². The number of nitrogens with zero attached hydrogens (tertiary/aromatic N) is 2. The quantitative estimate of drug-likeness (QED) is 0.510. The van der Waals surface area contributed by atoms with E-state index in [-0.39, 0.29) is 5.75 Å². The maximum atomic E-state index is 9.45. The first-order valence-corrected chi connectivity index (χ1v) is 8.23. The molecule has 26 heavy (non-hydrogen) atoms. The molecule has 6 heteroatoms. The highest BCUT2D eigenvalue weighted by molar-refractivity contribution is 5.91. The fourth-order valence-corrected chi connectivity index (χ4v) is 2.81. The summed E-state index contributed by atoms with van der Waals surface area (Å²) < 4.78 is 5.18. The number of ether oxygens (including phenoxy) is 1. The van der Waals surface area contributed by atoms with E-state index in [0.29, 0.717) is 6.54 Å². The third-order valence-corrected chi connectivity index (χ3v) is 4.22. The SMILES string of the molecule is COc1ccc(CNc2ncnc3[nH]c(-c4ccc(O)cc4)cc23)cc1. The molecule has 2 aromatic heterocycles. The van der Waals surface area contributed by atoms with E-state index in [1.807, 2.05) is 42.5 Å². The molecule has 0 bridgehead atoms. The number of H-pyrrole nitrogens is 1. The second-order valence-corrected chi connectivity index (χ2v) is 5.92. The van der Waals surface area contributed by atoms with Crippen molar-refractivity contribution in [1.29, 1.82) is 0 Å². The molecule has 0 spiro atoms. The van der Waals surface area contributed by atoms with E-state index in [1.54, 1.807) is 19.2 Å². The topological polar surface area (TPSA) is 83.1 Å². The summed E-state index contributed by atoms with van der Waals surface area (Å²) in [4.78, 5) is 12.0. The smallest absolute Gasteiger partial charge is 0.143 e. The molecular weight excluding hydrogens is 328 g/mol. The fraction of sp³-hybridized carbons (Fsp3) is 0.100. The van der Waals surface area contributed by atoms with Gasteiger partial charge in [-0.3, -0.25) is 0 Å².